The van der Waals surface area contributed by atoms with Gasteiger partial charge in [0.15, 0.2) is 6.29 Å². The second-order valence-electron chi connectivity index (χ2n) is 3.26. The van der Waals surface area contributed by atoms with E-state index in [0.717, 1.165) is 0 Å². The highest BCUT2D eigenvalue weighted by Crippen LogP contribution is 2.15. The van der Waals surface area contributed by atoms with Crippen molar-refractivity contribution in [2.24, 2.45) is 10.7 Å². The van der Waals surface area contributed by atoms with Crippen LogP contribution < -0.4 is 15.9 Å². The molecule has 1 aliphatic rings. The maximum absolute atomic E-state index is 5.79. The van der Waals surface area contributed by atoms with E-state index in [1.54, 1.807) is 12.2 Å². The Balaban J connectivity index is 2.16. The van der Waals surface area contributed by atoms with Crippen LogP contribution in [0.5, 0.6) is 5.75 Å². The van der Waals surface area contributed by atoms with Crippen molar-refractivity contribution in [2.75, 3.05) is 7.05 Å². The van der Waals surface area contributed by atoms with Crippen LogP contribution in [0.15, 0.2) is 35.3 Å². The van der Waals surface area contributed by atoms with Crippen LogP contribution in [0.1, 0.15) is 0 Å². The zero-order valence-corrected chi connectivity index (χ0v) is 10.1. The highest BCUT2D eigenvalue weighted by molar-refractivity contribution is 7.78. The lowest BCUT2D eigenvalue weighted by molar-refractivity contribution is 0.0334. The van der Waals surface area contributed by atoms with Crippen molar-refractivity contribution in [3.8, 4) is 5.75 Å². The van der Waals surface area contributed by atoms with Crippen molar-refractivity contribution in [3.63, 3.8) is 0 Å². The number of ether oxygens (including phenoxy) is 1. The van der Waals surface area contributed by atoms with Crippen LogP contribution in [0, 0.1) is 0 Å². The topological polar surface area (TPSA) is 66.1 Å². The number of para-hydroxylation sites is 1. The number of hydrazine groups is 2. The molecule has 0 saturated carbocycles. The van der Waals surface area contributed by atoms with Crippen molar-refractivity contribution >= 4 is 23.7 Å². The summed E-state index contributed by atoms with van der Waals surface area (Å²) in [5.74, 6) is 0.679. The summed E-state index contributed by atoms with van der Waals surface area (Å²) in [4.78, 5) is 4.15. The molecule has 1 aliphatic heterocycles. The number of nitrogens with zero attached hydrogens (tertiary/aromatic N) is 3. The molecule has 0 aliphatic carbocycles. The molecule has 3 N–H and O–H groups in total. The molecule has 1 aromatic carbocycles. The number of thiocarbonyl (C=S) groups is 1. The van der Waals surface area contributed by atoms with Crippen LogP contribution >= 0.6 is 12.2 Å². The number of nitrogens with two attached hydrogens (primary N) is 1. The molecule has 17 heavy (non-hydrogen) atoms. The monoisotopic (exact) mass is 251 g/mol. The molecule has 1 unspecified atom stereocenters. The fourth-order valence-corrected chi connectivity index (χ4v) is 1.64. The number of hydrogen-bond donors (Lipinski definition) is 2. The minimum Gasteiger partial charge on any atom is -0.425 e. The molecule has 0 aromatic heterocycles. The number of amidine groups is 1. The first-order chi connectivity index (χ1) is 8.26. The molecule has 2 rings (SSSR count). The molecule has 1 heterocycles. The average molecular weight is 251 g/mol. The number of rotatable bonds is 3. The van der Waals surface area contributed by atoms with Gasteiger partial charge in [0.1, 0.15) is 5.75 Å². The van der Waals surface area contributed by atoms with Crippen molar-refractivity contribution in [2.45, 2.75) is 6.29 Å². The molecular weight excluding hydrogens is 238 g/mol. The Hall–Kier alpha value is -1.54. The lowest BCUT2D eigenvalue weighted by Crippen LogP contribution is -2.54. The molecule has 0 radical (unpaired) electrons. The van der Waals surface area contributed by atoms with Crippen molar-refractivity contribution < 1.29 is 4.74 Å². The average Bonchev–Trinajstić information content (AvgIpc) is 2.65. The molecule has 0 saturated heterocycles. The minimum absolute atomic E-state index is 0.341. The predicted octanol–water partition coefficient (Wildman–Crippen LogP) is 0.288. The first-order valence-electron chi connectivity index (χ1n) is 5.03. The molecule has 6 nitrogen and oxygen atoms in total. The fourth-order valence-electron chi connectivity index (χ4n) is 1.45. The summed E-state index contributed by atoms with van der Waals surface area (Å²) in [6.45, 7) is 0. The van der Waals surface area contributed by atoms with E-state index in [0.29, 0.717) is 11.8 Å². The highest BCUT2D eigenvalue weighted by atomic mass is 32.1. The third-order valence-corrected chi connectivity index (χ3v) is 2.40. The van der Waals surface area contributed by atoms with Gasteiger partial charge in [-0.3, -0.25) is 5.73 Å². The molecule has 1 aromatic rings. The van der Waals surface area contributed by atoms with Crippen LogP contribution in [0.4, 0.5) is 0 Å². The Bertz CT molecular complexity index is 424. The van der Waals surface area contributed by atoms with Gasteiger partial charge in [-0.15, -0.1) is 5.12 Å². The first kappa shape index (κ1) is 11.9. The summed E-state index contributed by atoms with van der Waals surface area (Å²) in [5, 5.41) is 3.10. The second-order valence-corrected chi connectivity index (χ2v) is 3.47. The minimum atomic E-state index is -0.557. The van der Waals surface area contributed by atoms with Gasteiger partial charge < -0.3 is 4.74 Å². The Morgan fingerprint density at radius 1 is 1.47 bits per heavy atom. The number of aliphatic imine (C=N–C) groups is 1. The zero-order valence-electron chi connectivity index (χ0n) is 9.28. The zero-order chi connectivity index (χ0) is 12.3. The van der Waals surface area contributed by atoms with Gasteiger partial charge in [-0.2, -0.15) is 4.99 Å². The van der Waals surface area contributed by atoms with Gasteiger partial charge in [0.2, 0.25) is 0 Å². The summed E-state index contributed by atoms with van der Waals surface area (Å²) >= 11 is 4.90. The van der Waals surface area contributed by atoms with Gasteiger partial charge >= 0.3 is 6.02 Å². The Labute approximate surface area is 105 Å². The van der Waals surface area contributed by atoms with E-state index in [1.165, 1.54) is 10.5 Å². The summed E-state index contributed by atoms with van der Waals surface area (Å²) in [6.07, 6.45) is -0.557. The van der Waals surface area contributed by atoms with Crippen molar-refractivity contribution in [1.29, 1.82) is 0 Å². The smallest absolute Gasteiger partial charge is 0.317 e. The normalized spacial score (nSPS) is 20.2. The van der Waals surface area contributed by atoms with Gasteiger partial charge in [0.05, 0.1) is 5.49 Å². The second kappa shape index (κ2) is 5.19. The predicted molar refractivity (Wildman–Crippen MR) is 68.9 cm³/mol. The van der Waals surface area contributed by atoms with Gasteiger partial charge in [0, 0.05) is 7.05 Å². The molecule has 0 fully saturated rings. The molecule has 0 amide bonds. The molecular formula is C10H13N5OS. The highest BCUT2D eigenvalue weighted by Gasteiger charge is 2.31. The third-order valence-electron chi connectivity index (χ3n) is 2.20. The summed E-state index contributed by atoms with van der Waals surface area (Å²) in [6, 6.07) is 9.67. The van der Waals surface area contributed by atoms with Gasteiger partial charge in [0.25, 0.3) is 0 Å². The van der Waals surface area contributed by atoms with Gasteiger partial charge in [-0.25, -0.2) is 10.4 Å². The molecule has 0 spiro atoms. The van der Waals surface area contributed by atoms with E-state index in [1.807, 2.05) is 30.3 Å². The standard InChI is InChI=1S/C10H13N5OS/c1-12-15-9(11)13-10(14(15)7-17)16-8-5-3-2-4-6-8/h2-7,9,12H,11H2,1H3. The van der Waals surface area contributed by atoms with Crippen LogP contribution in [0.25, 0.3) is 0 Å². The lowest BCUT2D eigenvalue weighted by atomic mass is 10.3. The van der Waals surface area contributed by atoms with Gasteiger partial charge in [-0.1, -0.05) is 30.4 Å². The largest absolute Gasteiger partial charge is 0.425 e. The van der Waals surface area contributed by atoms with E-state index in [2.05, 4.69) is 10.4 Å². The summed E-state index contributed by atoms with van der Waals surface area (Å²) in [5.41, 5.74) is 10.1. The summed E-state index contributed by atoms with van der Waals surface area (Å²) in [7, 11) is 1.73. The van der Waals surface area contributed by atoms with Crippen LogP contribution in [-0.2, 0) is 0 Å². The molecule has 90 valence electrons. The lowest BCUT2D eigenvalue weighted by Gasteiger charge is -2.26. The van der Waals surface area contributed by atoms with Gasteiger partial charge in [-0.05, 0) is 12.1 Å². The van der Waals surface area contributed by atoms with E-state index >= 15 is 0 Å². The van der Waals surface area contributed by atoms with Crippen LogP contribution in [0.3, 0.4) is 0 Å². The molecule has 0 bridgehead atoms. The number of benzene rings is 1. The van der Waals surface area contributed by atoms with Crippen molar-refractivity contribution in [3.05, 3.63) is 30.3 Å². The summed E-state index contributed by atoms with van der Waals surface area (Å²) < 4.78 is 5.60. The van der Waals surface area contributed by atoms with E-state index in [4.69, 9.17) is 22.7 Å². The Kier molecular flexibility index (Phi) is 3.64. The third kappa shape index (κ3) is 2.42. The first-order valence-corrected chi connectivity index (χ1v) is 5.50. The fraction of sp³-hybridized carbons (Fsp3) is 0.200. The van der Waals surface area contributed by atoms with Crippen molar-refractivity contribution in [1.82, 2.24) is 15.6 Å². The number of nitrogens with one attached hydrogen (secondary N) is 1. The van der Waals surface area contributed by atoms with E-state index in [9.17, 15) is 0 Å². The maximum Gasteiger partial charge on any atom is 0.317 e. The van der Waals surface area contributed by atoms with E-state index < -0.39 is 6.29 Å². The SMILES string of the molecule is CNN1C(N)N=C(Oc2ccccc2)N1C=S. The molecule has 1 atom stereocenters. The van der Waals surface area contributed by atoms with Crippen LogP contribution in [-0.4, -0.2) is 35.0 Å². The number of hydrogen-bond acceptors (Lipinski definition) is 6. The van der Waals surface area contributed by atoms with Crippen LogP contribution in [0.2, 0.25) is 0 Å². The Morgan fingerprint density at radius 2 is 2.18 bits per heavy atom. The van der Waals surface area contributed by atoms with E-state index in [-0.39, 0.29) is 0 Å². The Morgan fingerprint density at radius 3 is 2.76 bits per heavy atom. The maximum atomic E-state index is 5.79. The quantitative estimate of drug-likeness (QED) is 0.753. The molecule has 7 heteroatoms.